The number of hydrogen-bond donors (Lipinski definition) is 2. The summed E-state index contributed by atoms with van der Waals surface area (Å²) >= 11 is 0. The van der Waals surface area contributed by atoms with Gasteiger partial charge in [0.05, 0.1) is 11.7 Å². The van der Waals surface area contributed by atoms with Crippen LogP contribution in [0.4, 0.5) is 0 Å². The van der Waals surface area contributed by atoms with E-state index in [-0.39, 0.29) is 0 Å². The van der Waals surface area contributed by atoms with Gasteiger partial charge in [-0.1, -0.05) is 12.1 Å². The minimum Gasteiger partial charge on any atom is -0.278 e. The van der Waals surface area contributed by atoms with Gasteiger partial charge in [-0.25, -0.2) is 0 Å². The Morgan fingerprint density at radius 3 is 3.07 bits per heavy atom. The van der Waals surface area contributed by atoms with Crippen molar-refractivity contribution in [1.29, 1.82) is 0 Å². The predicted molar refractivity (Wildman–Crippen MR) is 49.3 cm³/mol. The summed E-state index contributed by atoms with van der Waals surface area (Å²) in [6.07, 6.45) is 1.75. The first-order chi connectivity index (χ1) is 6.95. The molecule has 0 aliphatic heterocycles. The van der Waals surface area contributed by atoms with Crippen LogP contribution < -0.4 is 0 Å². The average molecular weight is 186 g/mol. The molecule has 14 heavy (non-hydrogen) atoms. The second kappa shape index (κ2) is 2.63. The van der Waals surface area contributed by atoms with Gasteiger partial charge in [0.25, 0.3) is 0 Å². The Balaban J connectivity index is 2.36. The zero-order chi connectivity index (χ0) is 9.38. The minimum atomic E-state index is 0.581. The number of benzene rings is 1. The molecule has 0 radical (unpaired) electrons. The van der Waals surface area contributed by atoms with Crippen LogP contribution in [0.15, 0.2) is 24.4 Å². The highest BCUT2D eigenvalue weighted by Gasteiger charge is 2.07. The van der Waals surface area contributed by atoms with E-state index in [2.05, 4.69) is 30.8 Å². The summed E-state index contributed by atoms with van der Waals surface area (Å²) in [6.45, 7) is 0. The molecule has 0 saturated heterocycles. The molecular weight excluding hydrogens is 180 g/mol. The Labute approximate surface area is 78.3 Å². The SMILES string of the molecule is c1cc(-c2nn[nH]n2)c2cn[nH]c2c1. The fourth-order valence-electron chi connectivity index (χ4n) is 1.44. The fourth-order valence-corrected chi connectivity index (χ4v) is 1.44. The van der Waals surface area contributed by atoms with Crippen molar-refractivity contribution >= 4 is 10.9 Å². The van der Waals surface area contributed by atoms with Crippen LogP contribution in [0.5, 0.6) is 0 Å². The van der Waals surface area contributed by atoms with Crippen LogP contribution in [0.25, 0.3) is 22.3 Å². The van der Waals surface area contributed by atoms with Crippen LogP contribution in [0.1, 0.15) is 0 Å². The molecule has 6 heteroatoms. The lowest BCUT2D eigenvalue weighted by molar-refractivity contribution is 0.881. The molecule has 0 unspecified atom stereocenters. The first-order valence-corrected chi connectivity index (χ1v) is 4.11. The lowest BCUT2D eigenvalue weighted by atomic mass is 10.1. The molecule has 0 bridgehead atoms. The molecule has 3 rings (SSSR count). The van der Waals surface area contributed by atoms with E-state index in [1.807, 2.05) is 18.2 Å². The molecule has 0 amide bonds. The molecule has 2 N–H and O–H groups in total. The standard InChI is InChI=1S/C8H6N6/c1-2-5(8-11-13-14-12-8)6-4-9-10-7(6)3-1/h1-4H,(H,9,10)(H,11,12,13,14). The molecule has 3 aromatic rings. The number of nitrogens with zero attached hydrogens (tertiary/aromatic N) is 4. The van der Waals surface area contributed by atoms with Crippen LogP contribution in [0, 0.1) is 0 Å². The van der Waals surface area contributed by atoms with Crippen molar-refractivity contribution in [2.24, 2.45) is 0 Å². The van der Waals surface area contributed by atoms with E-state index < -0.39 is 0 Å². The Kier molecular flexibility index (Phi) is 1.35. The number of fused-ring (bicyclic) bond motifs is 1. The smallest absolute Gasteiger partial charge is 0.205 e. The summed E-state index contributed by atoms with van der Waals surface area (Å²) in [4.78, 5) is 0. The van der Waals surface area contributed by atoms with E-state index in [1.54, 1.807) is 6.20 Å². The number of aromatic nitrogens is 6. The number of tetrazole rings is 1. The summed E-state index contributed by atoms with van der Waals surface area (Å²) in [5, 5.41) is 21.6. The minimum absolute atomic E-state index is 0.581. The Hall–Kier alpha value is -2.24. The lowest BCUT2D eigenvalue weighted by Gasteiger charge is -1.94. The maximum Gasteiger partial charge on any atom is 0.205 e. The number of H-pyrrole nitrogens is 2. The van der Waals surface area contributed by atoms with Crippen molar-refractivity contribution in [2.75, 3.05) is 0 Å². The van der Waals surface area contributed by atoms with Crippen LogP contribution >= 0.6 is 0 Å². The molecule has 0 fully saturated rings. The van der Waals surface area contributed by atoms with Crippen LogP contribution in [-0.2, 0) is 0 Å². The Morgan fingerprint density at radius 1 is 1.21 bits per heavy atom. The predicted octanol–water partition coefficient (Wildman–Crippen LogP) is 0.743. The third kappa shape index (κ3) is 0.905. The zero-order valence-corrected chi connectivity index (χ0v) is 7.10. The molecule has 0 aliphatic carbocycles. The maximum atomic E-state index is 3.96. The van der Waals surface area contributed by atoms with Gasteiger partial charge in [-0.3, -0.25) is 5.10 Å². The first-order valence-electron chi connectivity index (χ1n) is 4.11. The van der Waals surface area contributed by atoms with Crippen molar-refractivity contribution in [3.8, 4) is 11.4 Å². The highest BCUT2D eigenvalue weighted by atomic mass is 15.5. The zero-order valence-electron chi connectivity index (χ0n) is 7.10. The first kappa shape index (κ1) is 7.19. The van der Waals surface area contributed by atoms with E-state index >= 15 is 0 Å². The van der Waals surface area contributed by atoms with E-state index in [9.17, 15) is 0 Å². The fraction of sp³-hybridized carbons (Fsp3) is 0. The molecule has 0 aliphatic rings. The third-order valence-electron chi connectivity index (χ3n) is 2.07. The quantitative estimate of drug-likeness (QED) is 0.587. The molecular formula is C8H6N6. The molecule has 1 aromatic carbocycles. The average Bonchev–Trinajstić information content (AvgIpc) is 2.88. The summed E-state index contributed by atoms with van der Waals surface area (Å²) < 4.78 is 0. The van der Waals surface area contributed by atoms with Gasteiger partial charge in [-0.05, 0) is 11.3 Å². The van der Waals surface area contributed by atoms with Crippen molar-refractivity contribution < 1.29 is 0 Å². The van der Waals surface area contributed by atoms with Crippen LogP contribution in [0.2, 0.25) is 0 Å². The summed E-state index contributed by atoms with van der Waals surface area (Å²) in [5.41, 5.74) is 1.89. The summed E-state index contributed by atoms with van der Waals surface area (Å²) in [6, 6.07) is 5.81. The third-order valence-corrected chi connectivity index (χ3v) is 2.07. The molecule has 6 nitrogen and oxygen atoms in total. The Morgan fingerprint density at radius 2 is 2.21 bits per heavy atom. The lowest BCUT2D eigenvalue weighted by Crippen LogP contribution is -1.81. The highest BCUT2D eigenvalue weighted by molar-refractivity contribution is 5.92. The Bertz CT molecular complexity index is 552. The van der Waals surface area contributed by atoms with Gasteiger partial charge in [0.1, 0.15) is 0 Å². The number of nitrogens with one attached hydrogen (secondary N) is 2. The van der Waals surface area contributed by atoms with Gasteiger partial charge in [0.2, 0.25) is 5.82 Å². The monoisotopic (exact) mass is 186 g/mol. The van der Waals surface area contributed by atoms with Crippen molar-refractivity contribution in [3.05, 3.63) is 24.4 Å². The van der Waals surface area contributed by atoms with Crippen LogP contribution in [-0.4, -0.2) is 30.8 Å². The molecule has 2 heterocycles. The topological polar surface area (TPSA) is 83.1 Å². The largest absolute Gasteiger partial charge is 0.278 e. The second-order valence-electron chi connectivity index (χ2n) is 2.87. The summed E-state index contributed by atoms with van der Waals surface area (Å²) in [5.74, 6) is 0.581. The van der Waals surface area contributed by atoms with Gasteiger partial charge in [0.15, 0.2) is 0 Å². The van der Waals surface area contributed by atoms with Gasteiger partial charge in [-0.15, -0.1) is 10.2 Å². The van der Waals surface area contributed by atoms with Crippen molar-refractivity contribution in [1.82, 2.24) is 30.8 Å². The molecule has 2 aromatic heterocycles. The molecule has 0 atom stereocenters. The van der Waals surface area contributed by atoms with Gasteiger partial charge >= 0.3 is 0 Å². The number of aromatic amines is 2. The van der Waals surface area contributed by atoms with Crippen LogP contribution in [0.3, 0.4) is 0 Å². The second-order valence-corrected chi connectivity index (χ2v) is 2.87. The normalized spacial score (nSPS) is 10.9. The maximum absolute atomic E-state index is 3.96. The van der Waals surface area contributed by atoms with Gasteiger partial charge in [-0.2, -0.15) is 10.3 Å². The number of hydrogen-bond acceptors (Lipinski definition) is 4. The summed E-state index contributed by atoms with van der Waals surface area (Å²) in [7, 11) is 0. The van der Waals surface area contributed by atoms with E-state index in [0.717, 1.165) is 16.5 Å². The molecule has 68 valence electrons. The number of rotatable bonds is 1. The van der Waals surface area contributed by atoms with E-state index in [0.29, 0.717) is 5.82 Å². The highest BCUT2D eigenvalue weighted by Crippen LogP contribution is 2.23. The van der Waals surface area contributed by atoms with Crippen molar-refractivity contribution in [2.45, 2.75) is 0 Å². The van der Waals surface area contributed by atoms with E-state index in [4.69, 9.17) is 0 Å². The molecule has 0 saturated carbocycles. The molecule has 0 spiro atoms. The van der Waals surface area contributed by atoms with Gasteiger partial charge in [0, 0.05) is 10.9 Å². The van der Waals surface area contributed by atoms with Crippen molar-refractivity contribution in [3.63, 3.8) is 0 Å². The van der Waals surface area contributed by atoms with Gasteiger partial charge < -0.3 is 0 Å². The van der Waals surface area contributed by atoms with E-state index in [1.165, 1.54) is 0 Å².